The van der Waals surface area contributed by atoms with Crippen LogP contribution in [0.5, 0.6) is 0 Å². The number of carboxylic acid groups (broad SMARTS) is 1. The molecule has 1 aromatic heterocycles. The molecule has 0 fully saturated rings. The second kappa shape index (κ2) is 3.42. The molecule has 0 spiro atoms. The summed E-state index contributed by atoms with van der Waals surface area (Å²) in [6, 6.07) is 5.89. The molecule has 0 amide bonds. The maximum absolute atomic E-state index is 11.0. The van der Waals surface area contributed by atoms with Gasteiger partial charge in [-0.15, -0.1) is 0 Å². The molecule has 0 saturated heterocycles. The van der Waals surface area contributed by atoms with Crippen LogP contribution in [0.25, 0.3) is 10.9 Å². The Bertz CT molecular complexity index is 526. The zero-order valence-electron chi connectivity index (χ0n) is 8.79. The molecule has 15 heavy (non-hydrogen) atoms. The molecule has 3 heteroatoms. The zero-order valence-corrected chi connectivity index (χ0v) is 8.79. The number of aryl methyl sites for hydroxylation is 2. The van der Waals surface area contributed by atoms with Crippen LogP contribution < -0.4 is 0 Å². The molecule has 0 aliphatic rings. The Kier molecular flexibility index (Phi) is 2.23. The van der Waals surface area contributed by atoms with E-state index in [4.69, 9.17) is 5.11 Å². The molecule has 1 heterocycles. The Labute approximate surface area is 87.7 Å². The van der Waals surface area contributed by atoms with Gasteiger partial charge in [-0.3, -0.25) is 0 Å². The Hall–Kier alpha value is -1.77. The highest BCUT2D eigenvalue weighted by Crippen LogP contribution is 2.25. The first-order valence-corrected chi connectivity index (χ1v) is 4.98. The predicted octanol–water partition coefficient (Wildman–Crippen LogP) is 2.74. The van der Waals surface area contributed by atoms with E-state index in [1.165, 1.54) is 0 Å². The zero-order chi connectivity index (χ0) is 11.0. The van der Waals surface area contributed by atoms with Crippen LogP contribution in [0.4, 0.5) is 0 Å². The quantitative estimate of drug-likeness (QED) is 0.788. The summed E-state index contributed by atoms with van der Waals surface area (Å²) >= 11 is 0. The van der Waals surface area contributed by atoms with Crippen molar-refractivity contribution >= 4 is 16.9 Å². The van der Waals surface area contributed by atoms with Gasteiger partial charge in [-0.25, -0.2) is 4.79 Å². The maximum Gasteiger partial charge on any atom is 0.352 e. The van der Waals surface area contributed by atoms with E-state index in [1.54, 1.807) is 0 Å². The van der Waals surface area contributed by atoms with Crippen molar-refractivity contribution in [2.75, 3.05) is 0 Å². The molecular weight excluding hydrogens is 190 g/mol. The van der Waals surface area contributed by atoms with E-state index in [0.29, 0.717) is 5.69 Å². The van der Waals surface area contributed by atoms with Crippen LogP contribution in [-0.4, -0.2) is 16.1 Å². The van der Waals surface area contributed by atoms with Crippen molar-refractivity contribution < 1.29 is 9.90 Å². The number of H-pyrrole nitrogens is 1. The van der Waals surface area contributed by atoms with Crippen LogP contribution in [0.3, 0.4) is 0 Å². The highest BCUT2D eigenvalue weighted by atomic mass is 16.4. The number of aromatic carboxylic acids is 1. The van der Waals surface area contributed by atoms with Gasteiger partial charge in [-0.1, -0.05) is 25.1 Å². The number of fused-ring (bicyclic) bond motifs is 1. The fourth-order valence-corrected chi connectivity index (χ4v) is 1.97. The fraction of sp³-hybridized carbons (Fsp3) is 0.250. The summed E-state index contributed by atoms with van der Waals surface area (Å²) in [6.07, 6.45) is 0.727. The number of para-hydroxylation sites is 1. The molecule has 0 atom stereocenters. The van der Waals surface area contributed by atoms with Gasteiger partial charge in [0.05, 0.1) is 0 Å². The first kappa shape index (κ1) is 9.77. The number of hydrogen-bond donors (Lipinski definition) is 2. The molecule has 0 unspecified atom stereocenters. The van der Waals surface area contributed by atoms with Crippen LogP contribution in [0, 0.1) is 6.92 Å². The monoisotopic (exact) mass is 203 g/mol. The third-order valence-corrected chi connectivity index (χ3v) is 2.72. The van der Waals surface area contributed by atoms with Crippen molar-refractivity contribution in [1.82, 2.24) is 4.98 Å². The lowest BCUT2D eigenvalue weighted by molar-refractivity contribution is 0.0690. The van der Waals surface area contributed by atoms with E-state index in [-0.39, 0.29) is 0 Å². The van der Waals surface area contributed by atoms with Crippen molar-refractivity contribution in [3.63, 3.8) is 0 Å². The average Bonchev–Trinajstić information content (AvgIpc) is 2.57. The lowest BCUT2D eigenvalue weighted by Crippen LogP contribution is -2.00. The maximum atomic E-state index is 11.0. The number of nitrogens with one attached hydrogen (secondary N) is 1. The molecule has 1 aromatic carbocycles. The van der Waals surface area contributed by atoms with Gasteiger partial charge < -0.3 is 10.1 Å². The molecule has 0 saturated carbocycles. The van der Waals surface area contributed by atoms with Crippen molar-refractivity contribution in [1.29, 1.82) is 0 Å². The van der Waals surface area contributed by atoms with Gasteiger partial charge in [0, 0.05) is 10.9 Å². The fourth-order valence-electron chi connectivity index (χ4n) is 1.97. The van der Waals surface area contributed by atoms with Crippen molar-refractivity contribution in [2.24, 2.45) is 0 Å². The van der Waals surface area contributed by atoms with E-state index in [2.05, 4.69) is 4.98 Å². The number of aromatic amines is 1. The van der Waals surface area contributed by atoms with E-state index < -0.39 is 5.97 Å². The van der Waals surface area contributed by atoms with Crippen LogP contribution in [0.2, 0.25) is 0 Å². The molecule has 3 nitrogen and oxygen atoms in total. The second-order valence-corrected chi connectivity index (χ2v) is 3.63. The second-order valence-electron chi connectivity index (χ2n) is 3.63. The molecule has 0 aliphatic heterocycles. The number of carboxylic acids is 1. The lowest BCUT2D eigenvalue weighted by atomic mass is 10.1. The van der Waals surface area contributed by atoms with E-state index in [9.17, 15) is 4.79 Å². The Morgan fingerprint density at radius 3 is 2.80 bits per heavy atom. The minimum absolute atomic E-state index is 0.321. The smallest absolute Gasteiger partial charge is 0.352 e. The SMILES string of the molecule is CCc1c(C(=O)O)[nH]c2c(C)cccc12. The largest absolute Gasteiger partial charge is 0.477 e. The number of benzene rings is 1. The number of aromatic nitrogens is 1. The minimum Gasteiger partial charge on any atom is -0.477 e. The predicted molar refractivity (Wildman–Crippen MR) is 59.4 cm³/mol. The molecule has 78 valence electrons. The molecule has 0 radical (unpaired) electrons. The van der Waals surface area contributed by atoms with Gasteiger partial charge in [0.15, 0.2) is 0 Å². The van der Waals surface area contributed by atoms with Gasteiger partial charge in [0.25, 0.3) is 0 Å². The molecule has 2 aromatic rings. The molecule has 0 aliphatic carbocycles. The summed E-state index contributed by atoms with van der Waals surface area (Å²) in [5.74, 6) is -0.887. The molecular formula is C12H13NO2. The summed E-state index contributed by atoms with van der Waals surface area (Å²) in [4.78, 5) is 14.0. The molecule has 2 rings (SSSR count). The summed E-state index contributed by atoms with van der Waals surface area (Å²) in [5, 5.41) is 10.1. The Balaban J connectivity index is 2.84. The van der Waals surface area contributed by atoms with Crippen molar-refractivity contribution in [2.45, 2.75) is 20.3 Å². The average molecular weight is 203 g/mol. The number of hydrogen-bond acceptors (Lipinski definition) is 1. The first-order valence-electron chi connectivity index (χ1n) is 4.98. The van der Waals surface area contributed by atoms with Gasteiger partial charge >= 0.3 is 5.97 Å². The van der Waals surface area contributed by atoms with Gasteiger partial charge in [0.2, 0.25) is 0 Å². The van der Waals surface area contributed by atoms with Crippen molar-refractivity contribution in [3.8, 4) is 0 Å². The van der Waals surface area contributed by atoms with Gasteiger partial charge in [0.1, 0.15) is 5.69 Å². The number of rotatable bonds is 2. The van der Waals surface area contributed by atoms with E-state index in [0.717, 1.165) is 28.5 Å². The standard InChI is InChI=1S/C12H13NO2/c1-3-8-9-6-4-5-7(2)10(9)13-11(8)12(14)15/h4-6,13H,3H2,1-2H3,(H,14,15). The van der Waals surface area contributed by atoms with Crippen LogP contribution in [0.1, 0.15) is 28.5 Å². The normalized spacial score (nSPS) is 10.8. The highest BCUT2D eigenvalue weighted by Gasteiger charge is 2.15. The Morgan fingerprint density at radius 1 is 1.47 bits per heavy atom. The van der Waals surface area contributed by atoms with E-state index in [1.807, 2.05) is 32.0 Å². The van der Waals surface area contributed by atoms with Crippen LogP contribution in [0.15, 0.2) is 18.2 Å². The summed E-state index contributed by atoms with van der Waals surface area (Å²) in [7, 11) is 0. The van der Waals surface area contributed by atoms with E-state index >= 15 is 0 Å². The van der Waals surface area contributed by atoms with Gasteiger partial charge in [-0.2, -0.15) is 0 Å². The van der Waals surface area contributed by atoms with Crippen molar-refractivity contribution in [3.05, 3.63) is 35.0 Å². The topological polar surface area (TPSA) is 53.1 Å². The first-order chi connectivity index (χ1) is 7.15. The minimum atomic E-state index is -0.887. The van der Waals surface area contributed by atoms with Gasteiger partial charge in [-0.05, 0) is 24.5 Å². The summed E-state index contributed by atoms with van der Waals surface area (Å²) in [5.41, 5.74) is 3.23. The Morgan fingerprint density at radius 2 is 2.20 bits per heavy atom. The molecule has 0 bridgehead atoms. The third-order valence-electron chi connectivity index (χ3n) is 2.72. The summed E-state index contributed by atoms with van der Waals surface area (Å²) in [6.45, 7) is 3.95. The summed E-state index contributed by atoms with van der Waals surface area (Å²) < 4.78 is 0. The third kappa shape index (κ3) is 1.40. The highest BCUT2D eigenvalue weighted by molar-refractivity contribution is 5.98. The lowest BCUT2D eigenvalue weighted by Gasteiger charge is -1.96. The molecule has 2 N–H and O–H groups in total. The van der Waals surface area contributed by atoms with Crippen LogP contribution in [-0.2, 0) is 6.42 Å². The number of carbonyl (C=O) groups is 1. The van der Waals surface area contributed by atoms with Crippen LogP contribution >= 0.6 is 0 Å².